The first-order chi connectivity index (χ1) is 10.6. The number of nitrogens with zero attached hydrogens (tertiary/aromatic N) is 2. The summed E-state index contributed by atoms with van der Waals surface area (Å²) in [5.74, 6) is 0.788. The molecule has 0 aliphatic carbocycles. The van der Waals surface area contributed by atoms with Crippen LogP contribution in [-0.4, -0.2) is 27.4 Å². The van der Waals surface area contributed by atoms with Crippen molar-refractivity contribution in [1.82, 2.24) is 14.3 Å². The highest BCUT2D eigenvalue weighted by atomic mass is 32.1. The number of benzene rings is 1. The predicted octanol–water partition coefficient (Wildman–Crippen LogP) is 1.95. The summed E-state index contributed by atoms with van der Waals surface area (Å²) in [5.41, 5.74) is 0.768. The number of carbonyl (C=O) groups excluding carboxylic acids is 1. The average molecular weight is 316 g/mol. The SMILES string of the molecule is COc1ccc(NC(=O)c2snc3c(=O)[nH]c(C)nc23)cc1. The van der Waals surface area contributed by atoms with Gasteiger partial charge in [-0.1, -0.05) is 0 Å². The molecule has 0 fully saturated rings. The van der Waals surface area contributed by atoms with Gasteiger partial charge in [-0.05, 0) is 42.7 Å². The summed E-state index contributed by atoms with van der Waals surface area (Å²) in [5, 5.41) is 2.75. The number of ether oxygens (including phenoxy) is 1. The van der Waals surface area contributed by atoms with Crippen molar-refractivity contribution in [3.8, 4) is 5.75 Å². The zero-order valence-corrected chi connectivity index (χ0v) is 12.7. The molecule has 0 aliphatic heterocycles. The lowest BCUT2D eigenvalue weighted by Gasteiger charge is -2.05. The number of anilines is 1. The molecule has 0 atom stereocenters. The second kappa shape index (κ2) is 5.57. The molecule has 0 radical (unpaired) electrons. The highest BCUT2D eigenvalue weighted by molar-refractivity contribution is 7.09. The van der Waals surface area contributed by atoms with E-state index in [0.717, 1.165) is 11.5 Å². The molecule has 0 saturated heterocycles. The molecule has 0 aliphatic rings. The highest BCUT2D eigenvalue weighted by Crippen LogP contribution is 2.20. The number of rotatable bonds is 3. The predicted molar refractivity (Wildman–Crippen MR) is 83.7 cm³/mol. The summed E-state index contributed by atoms with van der Waals surface area (Å²) in [6, 6.07) is 6.94. The minimum atomic E-state index is -0.352. The topological polar surface area (TPSA) is 97.0 Å². The van der Waals surface area contributed by atoms with E-state index in [0.29, 0.717) is 27.7 Å². The lowest BCUT2D eigenvalue weighted by atomic mass is 10.3. The Bertz CT molecular complexity index is 899. The number of amides is 1. The third-order valence-electron chi connectivity index (χ3n) is 3.01. The monoisotopic (exact) mass is 316 g/mol. The summed E-state index contributed by atoms with van der Waals surface area (Å²) >= 11 is 0.951. The van der Waals surface area contributed by atoms with Crippen molar-refractivity contribution in [3.63, 3.8) is 0 Å². The summed E-state index contributed by atoms with van der Waals surface area (Å²) in [6.07, 6.45) is 0. The van der Waals surface area contributed by atoms with Crippen molar-refractivity contribution in [2.24, 2.45) is 0 Å². The van der Waals surface area contributed by atoms with E-state index in [1.165, 1.54) is 0 Å². The number of aryl methyl sites for hydroxylation is 1. The van der Waals surface area contributed by atoms with Gasteiger partial charge in [0.05, 0.1) is 7.11 Å². The van der Waals surface area contributed by atoms with E-state index in [2.05, 4.69) is 19.7 Å². The van der Waals surface area contributed by atoms with E-state index in [1.54, 1.807) is 38.3 Å². The van der Waals surface area contributed by atoms with E-state index in [9.17, 15) is 9.59 Å². The zero-order chi connectivity index (χ0) is 15.7. The first-order valence-electron chi connectivity index (χ1n) is 6.40. The molecule has 2 heterocycles. The van der Waals surface area contributed by atoms with Crippen LogP contribution in [0.1, 0.15) is 15.5 Å². The van der Waals surface area contributed by atoms with Crippen molar-refractivity contribution in [2.45, 2.75) is 6.92 Å². The summed E-state index contributed by atoms with van der Waals surface area (Å²) in [6.45, 7) is 1.66. The molecule has 1 amide bonds. The minimum Gasteiger partial charge on any atom is -0.497 e. The molecule has 0 bridgehead atoms. The lowest BCUT2D eigenvalue weighted by molar-refractivity contribution is 0.103. The number of aromatic amines is 1. The van der Waals surface area contributed by atoms with Gasteiger partial charge in [0.15, 0.2) is 5.52 Å². The van der Waals surface area contributed by atoms with Crippen LogP contribution < -0.4 is 15.6 Å². The van der Waals surface area contributed by atoms with Crippen LogP contribution >= 0.6 is 11.5 Å². The van der Waals surface area contributed by atoms with Crippen molar-refractivity contribution < 1.29 is 9.53 Å². The normalized spacial score (nSPS) is 10.6. The van der Waals surface area contributed by atoms with Gasteiger partial charge in [-0.25, -0.2) is 4.98 Å². The van der Waals surface area contributed by atoms with Gasteiger partial charge in [-0.15, -0.1) is 0 Å². The van der Waals surface area contributed by atoms with Crippen molar-refractivity contribution in [1.29, 1.82) is 0 Å². The quantitative estimate of drug-likeness (QED) is 0.770. The molecule has 112 valence electrons. The van der Waals surface area contributed by atoms with Crippen LogP contribution in [0.3, 0.4) is 0 Å². The van der Waals surface area contributed by atoms with E-state index >= 15 is 0 Å². The van der Waals surface area contributed by atoms with Crippen LogP contribution in [0.15, 0.2) is 29.1 Å². The zero-order valence-electron chi connectivity index (χ0n) is 11.8. The third kappa shape index (κ3) is 2.56. The molecular formula is C14H12N4O3S. The Labute approximate surface area is 129 Å². The maximum Gasteiger partial charge on any atom is 0.278 e. The molecule has 3 rings (SSSR count). The van der Waals surface area contributed by atoms with E-state index < -0.39 is 0 Å². The van der Waals surface area contributed by atoms with Crippen molar-refractivity contribution >= 4 is 34.2 Å². The lowest BCUT2D eigenvalue weighted by Crippen LogP contribution is -2.13. The molecule has 0 spiro atoms. The number of carbonyl (C=O) groups is 1. The minimum absolute atomic E-state index is 0.176. The number of aromatic nitrogens is 3. The Balaban J connectivity index is 1.93. The second-order valence-electron chi connectivity index (χ2n) is 4.54. The van der Waals surface area contributed by atoms with Crippen LogP contribution in [0.4, 0.5) is 5.69 Å². The Morgan fingerprint density at radius 1 is 1.27 bits per heavy atom. The van der Waals surface area contributed by atoms with Crippen molar-refractivity contribution in [3.05, 3.63) is 45.3 Å². The summed E-state index contributed by atoms with van der Waals surface area (Å²) < 4.78 is 9.07. The molecular weight excluding hydrogens is 304 g/mol. The first kappa shape index (κ1) is 14.2. The molecule has 2 aromatic heterocycles. The number of fused-ring (bicyclic) bond motifs is 1. The fourth-order valence-electron chi connectivity index (χ4n) is 1.97. The Kier molecular flexibility index (Phi) is 3.60. The Hall–Kier alpha value is -2.74. The summed E-state index contributed by atoms with van der Waals surface area (Å²) in [7, 11) is 1.57. The fourth-order valence-corrected chi connectivity index (χ4v) is 2.68. The number of hydrogen-bond acceptors (Lipinski definition) is 6. The molecule has 3 aromatic rings. The maximum atomic E-state index is 12.3. The van der Waals surface area contributed by atoms with Gasteiger partial charge in [0, 0.05) is 5.69 Å². The number of hydrogen-bond donors (Lipinski definition) is 2. The van der Waals surface area contributed by atoms with Crippen LogP contribution in [0.25, 0.3) is 11.0 Å². The van der Waals surface area contributed by atoms with E-state index in [1.807, 2.05) is 0 Å². The van der Waals surface area contributed by atoms with Gasteiger partial charge in [-0.3, -0.25) is 9.59 Å². The van der Waals surface area contributed by atoms with Crippen LogP contribution in [-0.2, 0) is 0 Å². The van der Waals surface area contributed by atoms with Gasteiger partial charge in [0.1, 0.15) is 22.0 Å². The molecule has 0 unspecified atom stereocenters. The standard InChI is InChI=1S/C14H12N4O3S/c1-7-15-10-11(13(19)16-7)18-22-12(10)14(20)17-8-3-5-9(21-2)6-4-8/h3-6H,1-2H3,(H,17,20)(H,15,16,19). The average Bonchev–Trinajstić information content (AvgIpc) is 2.92. The molecule has 22 heavy (non-hydrogen) atoms. The molecule has 0 saturated carbocycles. The molecule has 1 aromatic carbocycles. The van der Waals surface area contributed by atoms with Crippen molar-refractivity contribution in [2.75, 3.05) is 12.4 Å². The maximum absolute atomic E-state index is 12.3. The Morgan fingerprint density at radius 3 is 2.68 bits per heavy atom. The van der Waals surface area contributed by atoms with Gasteiger partial charge < -0.3 is 15.0 Å². The number of nitrogens with one attached hydrogen (secondary N) is 2. The summed E-state index contributed by atoms with van der Waals surface area (Å²) in [4.78, 5) is 31.2. The van der Waals surface area contributed by atoms with Crippen LogP contribution in [0, 0.1) is 6.92 Å². The molecule has 2 N–H and O–H groups in total. The largest absolute Gasteiger partial charge is 0.497 e. The molecule has 8 heteroatoms. The number of methoxy groups -OCH3 is 1. The smallest absolute Gasteiger partial charge is 0.278 e. The third-order valence-corrected chi connectivity index (χ3v) is 3.85. The van der Waals surface area contributed by atoms with Gasteiger partial charge in [0.2, 0.25) is 0 Å². The first-order valence-corrected chi connectivity index (χ1v) is 7.17. The Morgan fingerprint density at radius 2 is 2.00 bits per heavy atom. The van der Waals surface area contributed by atoms with E-state index in [-0.39, 0.29) is 17.0 Å². The van der Waals surface area contributed by atoms with Gasteiger partial charge >= 0.3 is 0 Å². The second-order valence-corrected chi connectivity index (χ2v) is 5.32. The fraction of sp³-hybridized carbons (Fsp3) is 0.143. The highest BCUT2D eigenvalue weighted by Gasteiger charge is 2.18. The van der Waals surface area contributed by atoms with E-state index in [4.69, 9.17) is 4.74 Å². The van der Waals surface area contributed by atoms with Crippen LogP contribution in [0.2, 0.25) is 0 Å². The molecule has 7 nitrogen and oxygen atoms in total. The van der Waals surface area contributed by atoms with Gasteiger partial charge in [0.25, 0.3) is 11.5 Å². The number of H-pyrrole nitrogens is 1. The van der Waals surface area contributed by atoms with Gasteiger partial charge in [-0.2, -0.15) is 4.37 Å². The van der Waals surface area contributed by atoms with Crippen LogP contribution in [0.5, 0.6) is 5.75 Å².